The van der Waals surface area contributed by atoms with Crippen LogP contribution in [0.25, 0.3) is 0 Å². The van der Waals surface area contributed by atoms with Gasteiger partial charge in [-0.15, -0.1) is 0 Å². The van der Waals surface area contributed by atoms with Gasteiger partial charge in [-0.05, 0) is 74.8 Å². The van der Waals surface area contributed by atoms with Crippen LogP contribution in [0.2, 0.25) is 10.0 Å². The zero-order chi connectivity index (χ0) is 23.1. The number of hydrogen-bond donors (Lipinski definition) is 0. The molecule has 2 aromatic carbocycles. The maximum Gasteiger partial charge on any atom is 0.253 e. The summed E-state index contributed by atoms with van der Waals surface area (Å²) < 4.78 is 11.7. The van der Waals surface area contributed by atoms with Crippen LogP contribution in [-0.4, -0.2) is 43.4 Å². The molecule has 0 bridgehead atoms. The quantitative estimate of drug-likeness (QED) is 0.397. The molecule has 0 spiro atoms. The molecule has 33 heavy (non-hydrogen) atoms. The van der Waals surface area contributed by atoms with Crippen molar-refractivity contribution in [3.8, 4) is 0 Å². The number of ether oxygens (including phenoxy) is 2. The molecule has 0 radical (unpaired) electrons. The molecule has 6 heteroatoms. The number of nitrogens with zero attached hydrogens (tertiary/aromatic N) is 1. The van der Waals surface area contributed by atoms with E-state index in [9.17, 15) is 4.79 Å². The molecule has 2 aliphatic rings. The van der Waals surface area contributed by atoms with E-state index in [0.717, 1.165) is 75.6 Å². The second-order valence-electron chi connectivity index (χ2n) is 9.23. The fraction of sp³-hybridized carbons (Fsp3) is 0.519. The zero-order valence-electron chi connectivity index (χ0n) is 19.1. The van der Waals surface area contributed by atoms with Crippen molar-refractivity contribution in [1.29, 1.82) is 0 Å². The Labute approximate surface area is 207 Å². The molecular weight excluding hydrogens is 457 g/mol. The summed E-state index contributed by atoms with van der Waals surface area (Å²) in [5.41, 5.74) is 1.70. The Bertz CT molecular complexity index is 917. The third-order valence-corrected chi connectivity index (χ3v) is 7.65. The summed E-state index contributed by atoms with van der Waals surface area (Å²) in [7, 11) is 0. The summed E-state index contributed by atoms with van der Waals surface area (Å²) in [6.45, 7) is 2.87. The standard InChI is InChI=1S/C27H33Cl2NO3/c28-23-13-12-22(19-24(23)29)27(15-8-18-33-25-11-4-7-17-32-25)14-5-6-16-30(20-27)26(31)21-9-2-1-3-10-21/h1-3,9-10,12-13,19,25H,4-8,11,14-18,20H2. The highest BCUT2D eigenvalue weighted by molar-refractivity contribution is 6.42. The average Bonchev–Trinajstić information content (AvgIpc) is 3.08. The summed E-state index contributed by atoms with van der Waals surface area (Å²) in [6, 6.07) is 15.5. The molecule has 0 N–H and O–H groups in total. The van der Waals surface area contributed by atoms with Gasteiger partial charge in [0, 0.05) is 37.3 Å². The van der Waals surface area contributed by atoms with Crippen LogP contribution in [0.4, 0.5) is 0 Å². The van der Waals surface area contributed by atoms with Crippen LogP contribution in [0.1, 0.15) is 67.3 Å². The third-order valence-electron chi connectivity index (χ3n) is 6.91. The first-order valence-electron chi connectivity index (χ1n) is 12.1. The van der Waals surface area contributed by atoms with Crippen molar-refractivity contribution >= 4 is 29.1 Å². The van der Waals surface area contributed by atoms with Crippen LogP contribution in [0.5, 0.6) is 0 Å². The Balaban J connectivity index is 1.53. The van der Waals surface area contributed by atoms with Crippen molar-refractivity contribution in [2.24, 2.45) is 0 Å². The molecule has 178 valence electrons. The lowest BCUT2D eigenvalue weighted by Crippen LogP contribution is -2.43. The number of likely N-dealkylation sites (tertiary alicyclic amines) is 1. The zero-order valence-corrected chi connectivity index (χ0v) is 20.6. The van der Waals surface area contributed by atoms with Gasteiger partial charge in [0.05, 0.1) is 10.0 Å². The maximum absolute atomic E-state index is 13.4. The Morgan fingerprint density at radius 3 is 2.67 bits per heavy atom. The van der Waals surface area contributed by atoms with Gasteiger partial charge in [-0.25, -0.2) is 0 Å². The largest absolute Gasteiger partial charge is 0.353 e. The van der Waals surface area contributed by atoms with E-state index < -0.39 is 0 Å². The van der Waals surface area contributed by atoms with Crippen molar-refractivity contribution in [1.82, 2.24) is 4.90 Å². The van der Waals surface area contributed by atoms with Gasteiger partial charge in [-0.1, -0.05) is 53.9 Å². The number of amides is 1. The van der Waals surface area contributed by atoms with E-state index in [0.29, 0.717) is 23.2 Å². The topological polar surface area (TPSA) is 38.8 Å². The summed E-state index contributed by atoms with van der Waals surface area (Å²) in [5.74, 6) is 0.0915. The SMILES string of the molecule is O=C(c1ccccc1)N1CCCCC(CCCOC2CCCCO2)(c2ccc(Cl)c(Cl)c2)C1. The molecule has 2 aliphatic heterocycles. The highest BCUT2D eigenvalue weighted by Crippen LogP contribution is 2.40. The van der Waals surface area contributed by atoms with Gasteiger partial charge in [-0.2, -0.15) is 0 Å². The lowest BCUT2D eigenvalue weighted by atomic mass is 9.73. The Morgan fingerprint density at radius 2 is 1.91 bits per heavy atom. The van der Waals surface area contributed by atoms with Crippen molar-refractivity contribution < 1.29 is 14.3 Å². The van der Waals surface area contributed by atoms with Crippen molar-refractivity contribution in [2.75, 3.05) is 26.3 Å². The van der Waals surface area contributed by atoms with Gasteiger partial charge < -0.3 is 14.4 Å². The van der Waals surface area contributed by atoms with E-state index in [1.165, 1.54) is 0 Å². The molecule has 2 atom stereocenters. The molecule has 2 unspecified atom stereocenters. The van der Waals surface area contributed by atoms with Gasteiger partial charge in [0.15, 0.2) is 6.29 Å². The van der Waals surface area contributed by atoms with Gasteiger partial charge in [0.2, 0.25) is 0 Å². The summed E-state index contributed by atoms with van der Waals surface area (Å²) in [6.07, 6.45) is 8.04. The monoisotopic (exact) mass is 489 g/mol. The van der Waals surface area contributed by atoms with Crippen LogP contribution in [0.15, 0.2) is 48.5 Å². The first-order valence-corrected chi connectivity index (χ1v) is 12.9. The number of carbonyl (C=O) groups is 1. The average molecular weight is 490 g/mol. The highest BCUT2D eigenvalue weighted by Gasteiger charge is 2.37. The Morgan fingerprint density at radius 1 is 1.06 bits per heavy atom. The third kappa shape index (κ3) is 6.30. The minimum atomic E-state index is -0.189. The second kappa shape index (κ2) is 11.7. The number of halogens is 2. The number of hydrogen-bond acceptors (Lipinski definition) is 3. The van der Waals surface area contributed by atoms with Crippen molar-refractivity contribution in [3.05, 3.63) is 69.7 Å². The Kier molecular flexibility index (Phi) is 8.70. The van der Waals surface area contributed by atoms with Crippen LogP contribution < -0.4 is 0 Å². The molecule has 2 fully saturated rings. The molecular formula is C27H33Cl2NO3. The van der Waals surface area contributed by atoms with Crippen LogP contribution >= 0.6 is 23.2 Å². The molecule has 4 nitrogen and oxygen atoms in total. The lowest BCUT2D eigenvalue weighted by molar-refractivity contribution is -0.163. The Hall–Kier alpha value is -1.59. The molecule has 2 aromatic rings. The number of rotatable bonds is 7. The molecule has 2 heterocycles. The van der Waals surface area contributed by atoms with E-state index >= 15 is 0 Å². The number of carbonyl (C=O) groups excluding carboxylic acids is 1. The molecule has 0 aromatic heterocycles. The predicted octanol–water partition coefficient (Wildman–Crippen LogP) is 6.88. The van der Waals surface area contributed by atoms with Gasteiger partial charge in [0.1, 0.15) is 0 Å². The van der Waals surface area contributed by atoms with Gasteiger partial charge >= 0.3 is 0 Å². The van der Waals surface area contributed by atoms with Crippen molar-refractivity contribution in [3.63, 3.8) is 0 Å². The fourth-order valence-electron chi connectivity index (χ4n) is 5.10. The molecule has 4 rings (SSSR count). The summed E-state index contributed by atoms with van der Waals surface area (Å²) in [4.78, 5) is 15.4. The minimum Gasteiger partial charge on any atom is -0.353 e. The van der Waals surface area contributed by atoms with E-state index in [2.05, 4.69) is 6.07 Å². The lowest BCUT2D eigenvalue weighted by Gasteiger charge is -2.37. The van der Waals surface area contributed by atoms with E-state index in [-0.39, 0.29) is 17.6 Å². The highest BCUT2D eigenvalue weighted by atomic mass is 35.5. The minimum absolute atomic E-state index is 0.0787. The summed E-state index contributed by atoms with van der Waals surface area (Å²) in [5, 5.41) is 1.12. The maximum atomic E-state index is 13.4. The first-order chi connectivity index (χ1) is 16.1. The van der Waals surface area contributed by atoms with E-state index in [4.69, 9.17) is 32.7 Å². The molecule has 0 aliphatic carbocycles. The van der Waals surface area contributed by atoms with Crippen LogP contribution in [-0.2, 0) is 14.9 Å². The normalized spacial score (nSPS) is 23.8. The summed E-state index contributed by atoms with van der Waals surface area (Å²) >= 11 is 12.7. The van der Waals surface area contributed by atoms with Crippen LogP contribution in [0, 0.1) is 0 Å². The molecule has 0 saturated carbocycles. The van der Waals surface area contributed by atoms with E-state index in [1.807, 2.05) is 47.4 Å². The molecule has 1 amide bonds. The van der Waals surface area contributed by atoms with Gasteiger partial charge in [0.25, 0.3) is 5.91 Å². The second-order valence-corrected chi connectivity index (χ2v) is 10.0. The van der Waals surface area contributed by atoms with Crippen molar-refractivity contribution in [2.45, 2.75) is 63.1 Å². The first kappa shape index (κ1) is 24.5. The fourth-order valence-corrected chi connectivity index (χ4v) is 5.40. The van der Waals surface area contributed by atoms with E-state index in [1.54, 1.807) is 0 Å². The smallest absolute Gasteiger partial charge is 0.253 e. The predicted molar refractivity (Wildman–Crippen MR) is 133 cm³/mol. The molecule has 2 saturated heterocycles. The van der Waals surface area contributed by atoms with Crippen LogP contribution in [0.3, 0.4) is 0 Å². The van der Waals surface area contributed by atoms with Gasteiger partial charge in [-0.3, -0.25) is 4.79 Å². The number of benzene rings is 2.